The molecule has 2 aliphatic rings. The van der Waals surface area contributed by atoms with Crippen molar-refractivity contribution in [3.63, 3.8) is 0 Å². The lowest BCUT2D eigenvalue weighted by molar-refractivity contribution is -0.158. The zero-order valence-corrected chi connectivity index (χ0v) is 26.3. The van der Waals surface area contributed by atoms with Gasteiger partial charge in [-0.25, -0.2) is 0 Å². The van der Waals surface area contributed by atoms with Gasteiger partial charge < -0.3 is 20.1 Å². The number of hydrogen-bond donors (Lipinski definition) is 2. The molecule has 0 unspecified atom stereocenters. The quantitative estimate of drug-likeness (QED) is 0.251. The molecule has 8 heteroatoms. The Morgan fingerprint density at radius 1 is 0.609 bits per heavy atom. The lowest BCUT2D eigenvalue weighted by atomic mass is 9.74. The summed E-state index contributed by atoms with van der Waals surface area (Å²) >= 11 is 0. The van der Waals surface area contributed by atoms with Gasteiger partial charge in [-0.1, -0.05) is 110 Å². The highest BCUT2D eigenvalue weighted by Crippen LogP contribution is 2.36. The first-order valence-electron chi connectivity index (χ1n) is 16.5. The number of nitrogens with one attached hydrogen (secondary N) is 2. The molecule has 2 fully saturated rings. The van der Waals surface area contributed by atoms with E-state index in [1.165, 1.54) is 6.42 Å². The number of ether oxygens (including phenoxy) is 2. The summed E-state index contributed by atoms with van der Waals surface area (Å²) in [5.41, 5.74) is 2.64. The van der Waals surface area contributed by atoms with Crippen molar-refractivity contribution in [2.24, 2.45) is 17.8 Å². The van der Waals surface area contributed by atoms with Gasteiger partial charge in [0.25, 0.3) is 0 Å². The topological polar surface area (TPSA) is 111 Å². The Kier molecular flexibility index (Phi) is 12.0. The van der Waals surface area contributed by atoms with Gasteiger partial charge in [-0.2, -0.15) is 0 Å². The van der Waals surface area contributed by atoms with E-state index in [-0.39, 0.29) is 50.3 Å². The molecule has 0 aromatic heterocycles. The Bertz CT molecular complexity index is 1360. The van der Waals surface area contributed by atoms with E-state index in [1.807, 2.05) is 91.0 Å². The minimum atomic E-state index is -0.786. The van der Waals surface area contributed by atoms with Gasteiger partial charge in [0.15, 0.2) is 0 Å². The van der Waals surface area contributed by atoms with Crippen LogP contribution in [-0.4, -0.2) is 35.8 Å². The van der Waals surface area contributed by atoms with Crippen LogP contribution in [0.3, 0.4) is 0 Å². The van der Waals surface area contributed by atoms with E-state index in [2.05, 4.69) is 10.6 Å². The lowest BCUT2D eigenvalue weighted by Gasteiger charge is -2.33. The van der Waals surface area contributed by atoms with E-state index in [9.17, 15) is 19.2 Å². The summed E-state index contributed by atoms with van der Waals surface area (Å²) in [6.07, 6.45) is 6.21. The van der Waals surface area contributed by atoms with Crippen molar-refractivity contribution in [3.8, 4) is 0 Å². The van der Waals surface area contributed by atoms with Crippen LogP contribution in [0, 0.1) is 17.8 Å². The molecule has 2 saturated carbocycles. The maximum Gasteiger partial charge on any atom is 0.309 e. The summed E-state index contributed by atoms with van der Waals surface area (Å²) in [4.78, 5) is 54.1. The Morgan fingerprint density at radius 2 is 1.07 bits per heavy atom. The van der Waals surface area contributed by atoms with Gasteiger partial charge in [0.05, 0.1) is 11.8 Å². The van der Waals surface area contributed by atoms with Gasteiger partial charge in [-0.3, -0.25) is 19.2 Å². The maximum absolute atomic E-state index is 13.9. The third kappa shape index (κ3) is 9.77. The van der Waals surface area contributed by atoms with Crippen LogP contribution in [-0.2, 0) is 48.3 Å². The van der Waals surface area contributed by atoms with Gasteiger partial charge in [0, 0.05) is 18.4 Å². The highest BCUT2D eigenvalue weighted by Gasteiger charge is 2.41. The summed E-state index contributed by atoms with van der Waals surface area (Å²) in [5, 5.41) is 6.17. The molecule has 5 rings (SSSR count). The van der Waals surface area contributed by atoms with Gasteiger partial charge in [-0.15, -0.1) is 0 Å². The number of carbonyl (C=O) groups is 4. The van der Waals surface area contributed by atoms with E-state index in [0.29, 0.717) is 6.42 Å². The molecule has 8 nitrogen and oxygen atoms in total. The molecule has 0 aliphatic heterocycles. The van der Waals surface area contributed by atoms with Crippen LogP contribution in [0.1, 0.15) is 68.1 Å². The molecule has 0 radical (unpaired) electrons. The zero-order valence-electron chi connectivity index (χ0n) is 26.3. The van der Waals surface area contributed by atoms with Gasteiger partial charge in [-0.05, 0) is 48.8 Å². The number of amides is 2. The molecule has 3 aromatic rings. The standard InChI is InChI=1S/C38H44N2O6/c41-35(40-34(21-27-13-5-1-6-14-27)36(42)39-33-19-11-4-12-20-33)30-22-31(37(43)45-25-28-15-7-2-8-16-28)24-32(23-30)38(44)46-26-29-17-9-3-10-18-29/h1-3,5-10,13-18,30-34H,4,11-12,19-26H2,(H,39,42)(H,40,41)/t30-,31+,32-,34-/m0/s1. The van der Waals surface area contributed by atoms with Crippen LogP contribution in [0.25, 0.3) is 0 Å². The normalized spacial score (nSPS) is 20.6. The van der Waals surface area contributed by atoms with Crippen LogP contribution in [0.5, 0.6) is 0 Å². The average Bonchev–Trinajstić information content (AvgIpc) is 3.10. The Labute approximate surface area is 271 Å². The Morgan fingerprint density at radius 3 is 1.57 bits per heavy atom. The lowest BCUT2D eigenvalue weighted by Crippen LogP contribution is -2.53. The number of hydrogen-bond acceptors (Lipinski definition) is 6. The summed E-state index contributed by atoms with van der Waals surface area (Å²) in [6, 6.07) is 27.7. The van der Waals surface area contributed by atoms with Crippen LogP contribution < -0.4 is 10.6 Å². The van der Waals surface area contributed by atoms with Crippen molar-refractivity contribution in [2.75, 3.05) is 0 Å². The van der Waals surface area contributed by atoms with Crippen molar-refractivity contribution >= 4 is 23.8 Å². The van der Waals surface area contributed by atoms with Crippen molar-refractivity contribution < 1.29 is 28.7 Å². The summed E-state index contributed by atoms with van der Waals surface area (Å²) in [5.74, 6) is -3.44. The molecular formula is C38H44N2O6. The van der Waals surface area contributed by atoms with Crippen LogP contribution >= 0.6 is 0 Å². The largest absolute Gasteiger partial charge is 0.461 e. The molecule has 4 atom stereocenters. The van der Waals surface area contributed by atoms with Crippen molar-refractivity contribution in [1.82, 2.24) is 10.6 Å². The molecule has 2 N–H and O–H groups in total. The average molecular weight is 625 g/mol. The van der Waals surface area contributed by atoms with E-state index in [4.69, 9.17) is 9.47 Å². The van der Waals surface area contributed by atoms with E-state index in [1.54, 1.807) is 0 Å². The Hall–Kier alpha value is -4.46. The molecule has 0 heterocycles. The third-order valence-corrected chi connectivity index (χ3v) is 9.06. The van der Waals surface area contributed by atoms with E-state index >= 15 is 0 Å². The molecule has 3 aromatic carbocycles. The summed E-state index contributed by atoms with van der Waals surface area (Å²) in [6.45, 7) is 0.216. The maximum atomic E-state index is 13.9. The van der Waals surface area contributed by atoms with Gasteiger partial charge in [0.1, 0.15) is 19.3 Å². The number of benzene rings is 3. The fourth-order valence-electron chi connectivity index (χ4n) is 6.51. The smallest absolute Gasteiger partial charge is 0.309 e. The van der Waals surface area contributed by atoms with Crippen LogP contribution in [0.2, 0.25) is 0 Å². The highest BCUT2D eigenvalue weighted by molar-refractivity contribution is 5.89. The van der Waals surface area contributed by atoms with Gasteiger partial charge >= 0.3 is 11.9 Å². The Balaban J connectivity index is 1.29. The first-order valence-corrected chi connectivity index (χ1v) is 16.5. The van der Waals surface area contributed by atoms with Crippen molar-refractivity contribution in [1.29, 1.82) is 0 Å². The second kappa shape index (κ2) is 16.7. The predicted molar refractivity (Wildman–Crippen MR) is 174 cm³/mol. The number of carbonyl (C=O) groups excluding carboxylic acids is 4. The molecule has 2 aliphatic carbocycles. The highest BCUT2D eigenvalue weighted by atomic mass is 16.5. The van der Waals surface area contributed by atoms with Crippen LogP contribution in [0.4, 0.5) is 0 Å². The third-order valence-electron chi connectivity index (χ3n) is 9.06. The zero-order chi connectivity index (χ0) is 32.1. The van der Waals surface area contributed by atoms with E-state index < -0.39 is 35.7 Å². The van der Waals surface area contributed by atoms with Crippen LogP contribution in [0.15, 0.2) is 91.0 Å². The second-order valence-corrected chi connectivity index (χ2v) is 12.6. The molecule has 46 heavy (non-hydrogen) atoms. The molecule has 0 spiro atoms. The number of esters is 2. The predicted octanol–water partition coefficient (Wildman–Crippen LogP) is 5.68. The monoisotopic (exact) mass is 624 g/mol. The first-order chi connectivity index (χ1) is 22.4. The summed E-state index contributed by atoms with van der Waals surface area (Å²) in [7, 11) is 0. The van der Waals surface area contributed by atoms with Gasteiger partial charge in [0.2, 0.25) is 11.8 Å². The van der Waals surface area contributed by atoms with E-state index in [0.717, 1.165) is 42.4 Å². The van der Waals surface area contributed by atoms with Crippen molar-refractivity contribution in [3.05, 3.63) is 108 Å². The minimum Gasteiger partial charge on any atom is -0.461 e. The molecular weight excluding hydrogens is 580 g/mol. The summed E-state index contributed by atoms with van der Waals surface area (Å²) < 4.78 is 11.3. The molecule has 242 valence electrons. The first kappa shape index (κ1) is 32.9. The molecule has 0 bridgehead atoms. The second-order valence-electron chi connectivity index (χ2n) is 12.6. The fourth-order valence-corrected chi connectivity index (χ4v) is 6.51. The minimum absolute atomic E-state index is 0.0960. The fraction of sp³-hybridized carbons (Fsp3) is 0.421. The number of rotatable bonds is 12. The molecule has 0 saturated heterocycles. The SMILES string of the molecule is O=C(N[C@@H](Cc1ccccc1)C(=O)NC1CCCCC1)[C@H]1C[C@@H](C(=O)OCc2ccccc2)C[C@@H](C(=O)OCc2ccccc2)C1. The molecule has 2 amide bonds. The van der Waals surface area contributed by atoms with Crippen molar-refractivity contribution in [2.45, 2.75) is 83.1 Å².